The maximum Gasteiger partial charge on any atom is 0.408 e. The van der Waals surface area contributed by atoms with Crippen molar-refractivity contribution >= 4 is 34.8 Å². The van der Waals surface area contributed by atoms with Gasteiger partial charge in [0.1, 0.15) is 23.9 Å². The van der Waals surface area contributed by atoms with Crippen LogP contribution in [0.15, 0.2) is 55.1 Å². The standard InChI is InChI=1S/C42H50N4O8/c1-5-29-34(35(29)41(49)50)36-33(20-46(38(36)39(43)47)40(48)37(22(2)3)45-42(51)54-27-11-6-7-12-27)53-21-26-18-31(25-14-13-23-9-8-10-24(23)17-25)44-32-19-28(52-4)15-16-30(26)32/h5,13-19,22,27,29,33-38H,1,6-12,20-21H2,2-4H3,(H2,43,47)(H,45,51)(H,49,50)/t29?,33?,34?,35-,36?,37+,38+/m1/s1. The van der Waals surface area contributed by atoms with E-state index in [1.807, 2.05) is 24.3 Å². The van der Waals surface area contributed by atoms with E-state index in [4.69, 9.17) is 24.9 Å². The molecule has 4 N–H and O–H groups in total. The summed E-state index contributed by atoms with van der Waals surface area (Å²) < 4.78 is 17.9. The van der Waals surface area contributed by atoms with Crippen molar-refractivity contribution in [2.75, 3.05) is 13.7 Å². The number of aryl methyl sites for hydroxylation is 2. The molecule has 2 aromatic carbocycles. The van der Waals surface area contributed by atoms with Crippen LogP contribution in [0.25, 0.3) is 22.2 Å². The van der Waals surface area contributed by atoms with E-state index in [1.165, 1.54) is 16.0 Å². The third kappa shape index (κ3) is 7.28. The highest BCUT2D eigenvalue weighted by atomic mass is 16.6. The summed E-state index contributed by atoms with van der Waals surface area (Å²) in [6.45, 7) is 7.54. The first-order valence-electron chi connectivity index (χ1n) is 19.1. The van der Waals surface area contributed by atoms with Gasteiger partial charge in [-0.1, -0.05) is 32.1 Å². The van der Waals surface area contributed by atoms with Gasteiger partial charge in [0, 0.05) is 29.5 Å². The van der Waals surface area contributed by atoms with Crippen LogP contribution in [0.4, 0.5) is 4.79 Å². The molecule has 1 saturated heterocycles. The Morgan fingerprint density at radius 1 is 1.04 bits per heavy atom. The van der Waals surface area contributed by atoms with Crippen LogP contribution in [-0.4, -0.2) is 76.8 Å². The fraction of sp³-hybridized carbons (Fsp3) is 0.500. The molecule has 3 aliphatic carbocycles. The van der Waals surface area contributed by atoms with Gasteiger partial charge in [0.05, 0.1) is 36.9 Å². The van der Waals surface area contributed by atoms with E-state index in [2.05, 4.69) is 30.1 Å². The third-order valence-corrected chi connectivity index (χ3v) is 11.9. The number of nitrogens with two attached hydrogens (primary N) is 1. The van der Waals surface area contributed by atoms with Gasteiger partial charge in [0.2, 0.25) is 11.8 Å². The molecule has 2 heterocycles. The molecule has 3 fully saturated rings. The SMILES string of the molecule is C=CC1C(C2C(OCc3cc(-c4ccc5c(c4)CCC5)nc4cc(OC)ccc34)CN(C(=O)[C@@H](NC(=O)OC3CCCC3)C(C)C)[C@@H]2C(N)=O)[C@@H]1C(=O)O. The molecular formula is C42H50N4O8. The topological polar surface area (TPSA) is 170 Å². The number of likely N-dealkylation sites (tertiary alicyclic amines) is 1. The Hall–Kier alpha value is -4.97. The Morgan fingerprint density at radius 2 is 1.80 bits per heavy atom. The number of hydrogen-bond donors (Lipinski definition) is 3. The number of allylic oxidation sites excluding steroid dienone is 1. The maximum atomic E-state index is 14.4. The largest absolute Gasteiger partial charge is 0.497 e. The first kappa shape index (κ1) is 37.3. The number of alkyl carbamates (subject to hydrolysis) is 1. The van der Waals surface area contributed by atoms with E-state index < -0.39 is 65.7 Å². The molecular weight excluding hydrogens is 688 g/mol. The molecule has 54 heavy (non-hydrogen) atoms. The number of ether oxygens (including phenoxy) is 3. The van der Waals surface area contributed by atoms with Gasteiger partial charge in [-0.2, -0.15) is 0 Å². The van der Waals surface area contributed by atoms with Crippen LogP contribution >= 0.6 is 0 Å². The highest BCUT2D eigenvalue weighted by Gasteiger charge is 2.64. The molecule has 0 spiro atoms. The maximum absolute atomic E-state index is 14.4. The highest BCUT2D eigenvalue weighted by molar-refractivity contribution is 5.92. The number of aromatic nitrogens is 1. The zero-order valence-corrected chi connectivity index (χ0v) is 31.2. The van der Waals surface area contributed by atoms with Crippen molar-refractivity contribution in [1.29, 1.82) is 0 Å². The van der Waals surface area contributed by atoms with Gasteiger partial charge in [-0.3, -0.25) is 14.4 Å². The molecule has 4 aliphatic rings. The van der Waals surface area contributed by atoms with Crippen LogP contribution < -0.4 is 15.8 Å². The Bertz CT molecular complexity index is 1960. The number of fused-ring (bicyclic) bond motifs is 2. The zero-order chi connectivity index (χ0) is 38.3. The van der Waals surface area contributed by atoms with Crippen molar-refractivity contribution < 1.29 is 38.5 Å². The number of amides is 3. The molecule has 3 aromatic rings. The molecule has 7 rings (SSSR count). The number of aliphatic carboxylic acids is 1. The fourth-order valence-corrected chi connectivity index (χ4v) is 9.13. The molecule has 0 radical (unpaired) electrons. The summed E-state index contributed by atoms with van der Waals surface area (Å²) in [5.41, 5.74) is 12.1. The zero-order valence-electron chi connectivity index (χ0n) is 31.2. The minimum Gasteiger partial charge on any atom is -0.497 e. The molecule has 3 amide bonds. The van der Waals surface area contributed by atoms with Crippen LogP contribution in [0, 0.1) is 29.6 Å². The number of carbonyl (C=O) groups is 4. The number of hydrogen-bond acceptors (Lipinski definition) is 8. The molecule has 7 atom stereocenters. The van der Waals surface area contributed by atoms with E-state index >= 15 is 0 Å². The fourth-order valence-electron chi connectivity index (χ4n) is 9.13. The summed E-state index contributed by atoms with van der Waals surface area (Å²) in [5.74, 6) is -4.50. The molecule has 286 valence electrons. The number of nitrogens with zero attached hydrogens (tertiary/aromatic N) is 2. The quantitative estimate of drug-likeness (QED) is 0.194. The number of carbonyl (C=O) groups excluding carboxylic acids is 3. The van der Waals surface area contributed by atoms with Gasteiger partial charge < -0.3 is 35.3 Å². The van der Waals surface area contributed by atoms with Gasteiger partial charge in [-0.05, 0) is 104 Å². The van der Waals surface area contributed by atoms with Crippen molar-refractivity contribution in [3.63, 3.8) is 0 Å². The Balaban J connectivity index is 1.21. The molecule has 1 aliphatic heterocycles. The van der Waals surface area contributed by atoms with Crippen molar-refractivity contribution in [2.45, 2.75) is 89.7 Å². The molecule has 0 bridgehead atoms. The van der Waals surface area contributed by atoms with Crippen LogP contribution in [0.5, 0.6) is 5.75 Å². The van der Waals surface area contributed by atoms with E-state index in [-0.39, 0.29) is 25.2 Å². The second-order valence-corrected chi connectivity index (χ2v) is 15.6. The molecule has 4 unspecified atom stereocenters. The lowest BCUT2D eigenvalue weighted by atomic mass is 9.89. The number of rotatable bonds is 13. The number of benzene rings is 2. The molecule has 12 nitrogen and oxygen atoms in total. The number of primary amides is 1. The summed E-state index contributed by atoms with van der Waals surface area (Å²) >= 11 is 0. The lowest BCUT2D eigenvalue weighted by Crippen LogP contribution is -2.56. The van der Waals surface area contributed by atoms with Gasteiger partial charge in [0.25, 0.3) is 0 Å². The summed E-state index contributed by atoms with van der Waals surface area (Å²) in [6.07, 6.45) is 6.67. The number of methoxy groups -OCH3 is 1. The predicted octanol–water partition coefficient (Wildman–Crippen LogP) is 5.42. The molecule has 12 heteroatoms. The summed E-state index contributed by atoms with van der Waals surface area (Å²) in [6, 6.07) is 11.9. The smallest absolute Gasteiger partial charge is 0.408 e. The second kappa shape index (κ2) is 15.4. The first-order valence-corrected chi connectivity index (χ1v) is 19.1. The van der Waals surface area contributed by atoms with Crippen molar-refractivity contribution in [3.8, 4) is 17.0 Å². The van der Waals surface area contributed by atoms with E-state index in [9.17, 15) is 24.3 Å². The minimum atomic E-state index is -1.17. The van der Waals surface area contributed by atoms with Crippen LogP contribution in [0.3, 0.4) is 0 Å². The van der Waals surface area contributed by atoms with E-state index in [0.717, 1.165) is 72.7 Å². The van der Waals surface area contributed by atoms with Gasteiger partial charge in [0.15, 0.2) is 0 Å². The lowest BCUT2D eigenvalue weighted by Gasteiger charge is -2.31. The average Bonchev–Trinajstić information content (AvgIpc) is 3.52. The predicted molar refractivity (Wildman–Crippen MR) is 201 cm³/mol. The van der Waals surface area contributed by atoms with E-state index in [0.29, 0.717) is 5.75 Å². The Kier molecular flexibility index (Phi) is 10.7. The van der Waals surface area contributed by atoms with Gasteiger partial charge in [-0.25, -0.2) is 9.78 Å². The molecule has 1 aromatic heterocycles. The van der Waals surface area contributed by atoms with Crippen molar-refractivity contribution in [3.05, 3.63) is 71.8 Å². The summed E-state index contributed by atoms with van der Waals surface area (Å²) in [7, 11) is 1.61. The Morgan fingerprint density at radius 3 is 2.46 bits per heavy atom. The Labute approximate surface area is 315 Å². The summed E-state index contributed by atoms with van der Waals surface area (Å²) in [5, 5.41) is 13.7. The number of pyridine rings is 1. The first-order chi connectivity index (χ1) is 26.0. The normalized spacial score (nSPS) is 25.4. The van der Waals surface area contributed by atoms with Gasteiger partial charge in [-0.15, -0.1) is 6.58 Å². The van der Waals surface area contributed by atoms with Gasteiger partial charge >= 0.3 is 12.1 Å². The van der Waals surface area contributed by atoms with Crippen molar-refractivity contribution in [2.24, 2.45) is 35.3 Å². The molecule has 2 saturated carbocycles. The number of nitrogens with one attached hydrogen (secondary N) is 1. The van der Waals surface area contributed by atoms with Crippen molar-refractivity contribution in [1.82, 2.24) is 15.2 Å². The minimum absolute atomic E-state index is 0.0269. The van der Waals surface area contributed by atoms with Crippen LogP contribution in [-0.2, 0) is 43.3 Å². The average molecular weight is 739 g/mol. The third-order valence-electron chi connectivity index (χ3n) is 11.9. The highest BCUT2D eigenvalue weighted by Crippen LogP contribution is 2.56. The lowest BCUT2D eigenvalue weighted by molar-refractivity contribution is -0.141. The number of carboxylic acid groups (broad SMARTS) is 1. The van der Waals surface area contributed by atoms with Crippen LogP contribution in [0.2, 0.25) is 0 Å². The second-order valence-electron chi connectivity index (χ2n) is 15.6. The van der Waals surface area contributed by atoms with Crippen LogP contribution in [0.1, 0.15) is 62.6 Å². The monoisotopic (exact) mass is 738 g/mol. The number of carboxylic acids is 1. The van der Waals surface area contributed by atoms with E-state index in [1.54, 1.807) is 27.0 Å². The summed E-state index contributed by atoms with van der Waals surface area (Å²) in [4.78, 5) is 59.6.